The fourth-order valence-electron chi connectivity index (χ4n) is 5.82. The summed E-state index contributed by atoms with van der Waals surface area (Å²) in [7, 11) is -12.2. The number of aromatic nitrogens is 1. The van der Waals surface area contributed by atoms with E-state index in [4.69, 9.17) is 14.1 Å². The largest absolute Gasteiger partial charge is 0.410 e. The molecule has 0 radical (unpaired) electrons. The lowest BCUT2D eigenvalue weighted by Gasteiger charge is -2.45. The molecule has 0 bridgehead atoms. The van der Waals surface area contributed by atoms with Crippen LogP contribution in [0.25, 0.3) is 5.57 Å². The lowest BCUT2D eigenvalue weighted by Crippen LogP contribution is -2.44. The van der Waals surface area contributed by atoms with Gasteiger partial charge in [0.15, 0.2) is 8.32 Å². The van der Waals surface area contributed by atoms with Crippen molar-refractivity contribution in [2.24, 2.45) is 5.41 Å². The molecule has 2 aromatic rings. The topological polar surface area (TPSA) is 51.6 Å². The zero-order valence-electron chi connectivity index (χ0n) is 26.7. The molecule has 1 aromatic heterocycles. The number of hydrogen-bond donors (Lipinski definition) is 1. The van der Waals surface area contributed by atoms with Gasteiger partial charge in [0.25, 0.3) is 0 Å². The molecule has 0 saturated carbocycles. The van der Waals surface area contributed by atoms with Gasteiger partial charge in [0.1, 0.15) is 11.0 Å². The second-order valence-electron chi connectivity index (χ2n) is 14.7. The van der Waals surface area contributed by atoms with Gasteiger partial charge in [0, 0.05) is 22.5 Å². The number of hydrogen-bond acceptors (Lipinski definition) is 4. The molecule has 1 aromatic carbocycles. The third-order valence-electron chi connectivity index (χ3n) is 9.08. The van der Waals surface area contributed by atoms with Crippen LogP contribution in [0.2, 0.25) is 18.1 Å². The summed E-state index contributed by atoms with van der Waals surface area (Å²) in [5, 5.41) is 11.9. The Morgan fingerprint density at radius 3 is 2.16 bits per heavy atom. The van der Waals surface area contributed by atoms with E-state index < -0.39 is 29.5 Å². The summed E-state index contributed by atoms with van der Waals surface area (Å²) in [6.07, 6.45) is 2.29. The lowest BCUT2D eigenvalue weighted by molar-refractivity contribution is 0.105. The van der Waals surface area contributed by atoms with Crippen LogP contribution in [-0.4, -0.2) is 31.6 Å². The van der Waals surface area contributed by atoms with Crippen molar-refractivity contribution in [1.82, 2.24) is 4.98 Å². The molecule has 2 heterocycles. The van der Waals surface area contributed by atoms with Gasteiger partial charge < -0.3 is 14.3 Å². The molecule has 11 heteroatoms. The van der Waals surface area contributed by atoms with Gasteiger partial charge in [-0.2, -0.15) is 0 Å². The maximum absolute atomic E-state index is 13.5. The predicted molar refractivity (Wildman–Crippen MR) is 167 cm³/mol. The van der Waals surface area contributed by atoms with E-state index in [0.717, 1.165) is 40.9 Å². The monoisotopic (exact) mass is 647 g/mol. The molecule has 43 heavy (non-hydrogen) atoms. The minimum atomic E-state index is -9.87. The fraction of sp³-hybridized carbons (Fsp3) is 0.594. The first kappa shape index (κ1) is 34.1. The van der Waals surface area contributed by atoms with Crippen molar-refractivity contribution in [1.29, 1.82) is 0 Å². The van der Waals surface area contributed by atoms with Gasteiger partial charge in [0.2, 0.25) is 0 Å². The highest BCUT2D eigenvalue weighted by Crippen LogP contribution is 3.02. The van der Waals surface area contributed by atoms with E-state index in [-0.39, 0.29) is 28.0 Å². The van der Waals surface area contributed by atoms with Crippen LogP contribution in [0.1, 0.15) is 113 Å². The highest BCUT2D eigenvalue weighted by atomic mass is 32.5. The average Bonchev–Trinajstić information content (AvgIpc) is 2.85. The van der Waals surface area contributed by atoms with E-state index in [9.17, 15) is 24.5 Å². The summed E-state index contributed by atoms with van der Waals surface area (Å²) in [5.41, 5.74) is 4.69. The number of pyridine rings is 1. The van der Waals surface area contributed by atoms with Crippen LogP contribution < -0.4 is 0 Å². The molecule has 1 N–H and O–H groups in total. The molecule has 4 rings (SSSR count). The minimum absolute atomic E-state index is 0.0644. The van der Waals surface area contributed by atoms with Crippen LogP contribution in [-0.2, 0) is 15.6 Å². The molecular weight excluding hydrogens is 601 g/mol. The standard InChI is InChI=1S/C32H46F5NO3SSi/c1-20(2)29-28(30(39)22-10-12-23(13-11-22)42(33,34,35,36)37)26(21-14-16-40-17-15-21)27-24(38-29)18-32(6,7)19-25(27)41-43(8,9)31(3,4)5/h10-14,20,25,30,39H,15-19H2,1-9H3/t25?,30-/m1/s1. The molecule has 0 spiro atoms. The molecular formula is C32H46F5NO3SSi. The summed E-state index contributed by atoms with van der Waals surface area (Å²) < 4.78 is 80.2. The SMILES string of the molecule is CC(C)c1nc2c(c(C3=CCOCC3)c1[C@H](O)c1ccc(S(F)(F)(F)(F)F)cc1)C(O[Si](C)(C)C(C)(C)C)CC(C)(C)C2. The van der Waals surface area contributed by atoms with Gasteiger partial charge in [-0.15, -0.1) is 0 Å². The van der Waals surface area contributed by atoms with Crippen LogP contribution in [0.4, 0.5) is 19.4 Å². The molecule has 0 fully saturated rings. The van der Waals surface area contributed by atoms with Crippen molar-refractivity contribution in [2.75, 3.05) is 13.2 Å². The third-order valence-corrected chi connectivity index (χ3v) is 14.7. The van der Waals surface area contributed by atoms with Gasteiger partial charge in [-0.05, 0) is 77.6 Å². The van der Waals surface area contributed by atoms with Crippen molar-refractivity contribution in [3.63, 3.8) is 0 Å². The number of ether oxygens (including phenoxy) is 1. The van der Waals surface area contributed by atoms with Crippen molar-refractivity contribution in [2.45, 2.75) is 109 Å². The molecule has 0 amide bonds. The van der Waals surface area contributed by atoms with E-state index >= 15 is 0 Å². The van der Waals surface area contributed by atoms with E-state index in [1.807, 2.05) is 19.9 Å². The Morgan fingerprint density at radius 1 is 1.07 bits per heavy atom. The number of benzene rings is 1. The summed E-state index contributed by atoms with van der Waals surface area (Å²) >= 11 is 0. The van der Waals surface area contributed by atoms with E-state index in [1.54, 1.807) is 0 Å². The first-order valence-electron chi connectivity index (χ1n) is 14.8. The van der Waals surface area contributed by atoms with Crippen molar-refractivity contribution < 1.29 is 33.7 Å². The summed E-state index contributed by atoms with van der Waals surface area (Å²) in [6, 6.07) is 2.60. The third kappa shape index (κ3) is 7.21. The van der Waals surface area contributed by atoms with Crippen LogP contribution in [0.5, 0.6) is 0 Å². The quantitative estimate of drug-likeness (QED) is 0.240. The van der Waals surface area contributed by atoms with Crippen LogP contribution in [0.3, 0.4) is 0 Å². The van der Waals surface area contributed by atoms with E-state index in [1.165, 1.54) is 0 Å². The normalized spacial score (nSPS) is 22.0. The second-order valence-corrected chi connectivity index (χ2v) is 21.9. The number of aliphatic hydroxyl groups excluding tert-OH is 1. The number of rotatable bonds is 7. The highest BCUT2D eigenvalue weighted by Gasteiger charge is 2.65. The number of aliphatic hydroxyl groups is 1. The summed E-state index contributed by atoms with van der Waals surface area (Å²) in [4.78, 5) is 3.17. The zero-order chi connectivity index (χ0) is 32.5. The van der Waals surface area contributed by atoms with Gasteiger partial charge in [-0.3, -0.25) is 4.98 Å². The molecule has 242 valence electrons. The number of nitrogens with zero attached hydrogens (tertiary/aromatic N) is 1. The van der Waals surface area contributed by atoms with Gasteiger partial charge in [-0.1, -0.05) is 86.1 Å². The molecule has 1 unspecified atom stereocenters. The Bertz CT molecular complexity index is 1420. The molecule has 0 saturated heterocycles. The van der Waals surface area contributed by atoms with Crippen molar-refractivity contribution in [3.05, 3.63) is 64.0 Å². The van der Waals surface area contributed by atoms with Gasteiger partial charge in [-0.25, -0.2) is 0 Å². The van der Waals surface area contributed by atoms with Crippen LogP contribution >= 0.6 is 10.2 Å². The molecule has 2 atom stereocenters. The molecule has 4 nitrogen and oxygen atoms in total. The Balaban J connectivity index is 2.01. The van der Waals surface area contributed by atoms with E-state index in [2.05, 4.69) is 47.7 Å². The Labute approximate surface area is 253 Å². The Morgan fingerprint density at radius 2 is 1.67 bits per heavy atom. The fourth-order valence-corrected chi connectivity index (χ4v) is 7.73. The van der Waals surface area contributed by atoms with Crippen molar-refractivity contribution in [3.8, 4) is 0 Å². The average molecular weight is 648 g/mol. The molecule has 2 aliphatic rings. The Hall–Kier alpha value is -1.79. The second kappa shape index (κ2) is 10.4. The van der Waals surface area contributed by atoms with Crippen LogP contribution in [0.15, 0.2) is 35.2 Å². The zero-order valence-corrected chi connectivity index (χ0v) is 28.5. The highest BCUT2D eigenvalue weighted by molar-refractivity contribution is 8.45. The summed E-state index contributed by atoms with van der Waals surface area (Å²) in [6.45, 7) is 20.1. The predicted octanol–water partition coefficient (Wildman–Crippen LogP) is 10.8. The first-order valence-corrected chi connectivity index (χ1v) is 19.7. The Kier molecular flexibility index (Phi) is 8.22. The number of fused-ring (bicyclic) bond motifs is 1. The number of halogens is 5. The van der Waals surface area contributed by atoms with Crippen molar-refractivity contribution >= 4 is 24.1 Å². The molecule has 1 aliphatic heterocycles. The lowest BCUT2D eigenvalue weighted by atomic mass is 9.71. The van der Waals surface area contributed by atoms with Crippen LogP contribution in [0, 0.1) is 5.41 Å². The first-order chi connectivity index (χ1) is 19.3. The smallest absolute Gasteiger partial charge is 0.310 e. The summed E-state index contributed by atoms with van der Waals surface area (Å²) in [5.74, 6) is -0.136. The van der Waals surface area contributed by atoms with E-state index in [0.29, 0.717) is 49.4 Å². The van der Waals surface area contributed by atoms with Gasteiger partial charge >= 0.3 is 10.2 Å². The maximum atomic E-state index is 13.5. The van der Waals surface area contributed by atoms with Gasteiger partial charge in [0.05, 0.1) is 19.3 Å². The molecule has 1 aliphatic carbocycles. The minimum Gasteiger partial charge on any atom is -0.410 e. The maximum Gasteiger partial charge on any atom is 0.310 e.